The number of rotatable bonds is 4. The summed E-state index contributed by atoms with van der Waals surface area (Å²) in [7, 11) is 2.17. The Balaban J connectivity index is 0.00000144. The van der Waals surface area contributed by atoms with Gasteiger partial charge in [-0.25, -0.2) is 0 Å². The van der Waals surface area contributed by atoms with Crippen molar-refractivity contribution in [1.82, 2.24) is 9.88 Å². The summed E-state index contributed by atoms with van der Waals surface area (Å²) in [4.78, 5) is 5.68. The average molecular weight is 236 g/mol. The molecule has 2 rings (SSSR count). The molecular formula is C14H24N2O. The molecule has 0 saturated carbocycles. The van der Waals surface area contributed by atoms with Crippen LogP contribution in [0.25, 0.3) is 10.9 Å². The molecule has 1 aromatic heterocycles. The van der Waals surface area contributed by atoms with Crippen LogP contribution in [-0.2, 0) is 6.42 Å². The molecular weight excluding hydrogens is 212 g/mol. The number of benzene rings is 1. The van der Waals surface area contributed by atoms with Crippen LogP contribution in [0.2, 0.25) is 0 Å². The monoisotopic (exact) mass is 236 g/mol. The van der Waals surface area contributed by atoms with Crippen LogP contribution in [0.4, 0.5) is 0 Å². The van der Waals surface area contributed by atoms with Crippen LogP contribution in [0.1, 0.15) is 19.5 Å². The molecule has 1 heterocycles. The van der Waals surface area contributed by atoms with Gasteiger partial charge in [-0.1, -0.05) is 18.6 Å². The lowest BCUT2D eigenvalue weighted by Crippen LogP contribution is -2.20. The smallest absolute Gasteiger partial charge is 0.0456 e. The highest BCUT2D eigenvalue weighted by Gasteiger charge is 2.04. The van der Waals surface area contributed by atoms with E-state index in [4.69, 9.17) is 0 Å². The molecule has 0 aliphatic rings. The summed E-state index contributed by atoms with van der Waals surface area (Å²) >= 11 is 0. The minimum atomic E-state index is 0. The van der Waals surface area contributed by atoms with E-state index < -0.39 is 0 Å². The first-order valence-corrected chi connectivity index (χ1v) is 5.96. The van der Waals surface area contributed by atoms with Gasteiger partial charge in [0.05, 0.1) is 0 Å². The zero-order chi connectivity index (χ0) is 11.5. The number of H-pyrrole nitrogens is 1. The summed E-state index contributed by atoms with van der Waals surface area (Å²) in [6, 6.07) is 6.59. The highest BCUT2D eigenvalue weighted by atomic mass is 16.0. The van der Waals surface area contributed by atoms with Crippen molar-refractivity contribution in [3.8, 4) is 0 Å². The van der Waals surface area contributed by atoms with E-state index in [1.54, 1.807) is 0 Å². The quantitative estimate of drug-likeness (QED) is 0.870. The first-order chi connectivity index (χ1) is 7.70. The standard InChI is InChI=1S/C14H20N2.H2O.H2/c1-4-16(3)8-7-12-10-15-14-6-5-11(2)9-13(12)14;;/h5-6,9-10,15H,4,7-8H2,1-3H3;1H2;1H. The van der Waals surface area contributed by atoms with Gasteiger partial charge in [0.15, 0.2) is 0 Å². The number of hydrogen-bond acceptors (Lipinski definition) is 1. The van der Waals surface area contributed by atoms with E-state index in [0.717, 1.165) is 19.5 Å². The van der Waals surface area contributed by atoms with Gasteiger partial charge in [0.2, 0.25) is 0 Å². The predicted octanol–water partition coefficient (Wildman–Crippen LogP) is 2.39. The van der Waals surface area contributed by atoms with Gasteiger partial charge in [-0.05, 0) is 44.6 Å². The Bertz CT molecular complexity index is 482. The summed E-state index contributed by atoms with van der Waals surface area (Å²) in [5.74, 6) is 0. The normalized spacial score (nSPS) is 10.8. The van der Waals surface area contributed by atoms with Crippen LogP contribution in [0.3, 0.4) is 0 Å². The molecule has 0 radical (unpaired) electrons. The van der Waals surface area contributed by atoms with Gasteiger partial charge < -0.3 is 15.4 Å². The summed E-state index contributed by atoms with van der Waals surface area (Å²) in [5.41, 5.74) is 4.01. The van der Waals surface area contributed by atoms with Gasteiger partial charge in [-0.15, -0.1) is 0 Å². The highest BCUT2D eigenvalue weighted by molar-refractivity contribution is 5.83. The molecule has 3 N–H and O–H groups in total. The van der Waals surface area contributed by atoms with E-state index in [1.807, 2.05) is 0 Å². The Morgan fingerprint density at radius 3 is 2.82 bits per heavy atom. The summed E-state index contributed by atoms with van der Waals surface area (Å²) < 4.78 is 0. The van der Waals surface area contributed by atoms with Crippen LogP contribution in [0.15, 0.2) is 24.4 Å². The van der Waals surface area contributed by atoms with Crippen molar-refractivity contribution in [2.45, 2.75) is 20.3 Å². The largest absolute Gasteiger partial charge is 0.412 e. The van der Waals surface area contributed by atoms with Gasteiger partial charge in [0.25, 0.3) is 0 Å². The molecule has 3 heteroatoms. The van der Waals surface area contributed by atoms with E-state index in [9.17, 15) is 0 Å². The maximum atomic E-state index is 3.34. The zero-order valence-corrected chi connectivity index (χ0v) is 10.9. The molecule has 0 spiro atoms. The van der Waals surface area contributed by atoms with Crippen molar-refractivity contribution >= 4 is 10.9 Å². The number of nitrogens with zero attached hydrogens (tertiary/aromatic N) is 1. The van der Waals surface area contributed by atoms with Crippen molar-refractivity contribution in [2.24, 2.45) is 0 Å². The number of aromatic nitrogens is 1. The van der Waals surface area contributed by atoms with E-state index in [2.05, 4.69) is 55.2 Å². The van der Waals surface area contributed by atoms with E-state index >= 15 is 0 Å². The summed E-state index contributed by atoms with van der Waals surface area (Å²) in [6.45, 7) is 6.58. The van der Waals surface area contributed by atoms with Gasteiger partial charge >= 0.3 is 0 Å². The third kappa shape index (κ3) is 3.08. The number of fused-ring (bicyclic) bond motifs is 1. The SMILES string of the molecule is CCN(C)CCc1c[nH]c2ccc(C)cc12.O.[HH]. The first-order valence-electron chi connectivity index (χ1n) is 5.96. The number of aryl methyl sites for hydroxylation is 1. The highest BCUT2D eigenvalue weighted by Crippen LogP contribution is 2.20. The Morgan fingerprint density at radius 2 is 2.12 bits per heavy atom. The van der Waals surface area contributed by atoms with Crippen molar-refractivity contribution in [1.29, 1.82) is 0 Å². The molecule has 17 heavy (non-hydrogen) atoms. The summed E-state index contributed by atoms with van der Waals surface area (Å²) in [6.07, 6.45) is 3.27. The average Bonchev–Trinajstić information content (AvgIpc) is 2.68. The van der Waals surface area contributed by atoms with Crippen LogP contribution < -0.4 is 0 Å². The Kier molecular flexibility index (Phi) is 4.73. The molecule has 0 saturated heterocycles. The second kappa shape index (κ2) is 5.84. The lowest BCUT2D eigenvalue weighted by atomic mass is 10.1. The molecule has 0 amide bonds. The third-order valence-corrected chi connectivity index (χ3v) is 3.23. The maximum absolute atomic E-state index is 3.34. The van der Waals surface area contributed by atoms with Gasteiger partial charge in [0.1, 0.15) is 0 Å². The van der Waals surface area contributed by atoms with Crippen LogP contribution in [0, 0.1) is 6.92 Å². The van der Waals surface area contributed by atoms with E-state index in [1.165, 1.54) is 22.0 Å². The predicted molar refractivity (Wildman–Crippen MR) is 75.6 cm³/mol. The Hall–Kier alpha value is -1.32. The topological polar surface area (TPSA) is 50.5 Å². The molecule has 0 bridgehead atoms. The van der Waals surface area contributed by atoms with Crippen molar-refractivity contribution in [2.75, 3.05) is 20.1 Å². The molecule has 2 aromatic rings. The van der Waals surface area contributed by atoms with Crippen LogP contribution in [-0.4, -0.2) is 35.5 Å². The maximum Gasteiger partial charge on any atom is 0.0456 e. The van der Waals surface area contributed by atoms with Crippen molar-refractivity contribution < 1.29 is 6.90 Å². The molecule has 3 nitrogen and oxygen atoms in total. The number of likely N-dealkylation sites (N-methyl/N-ethyl adjacent to an activating group) is 1. The molecule has 0 aliphatic carbocycles. The summed E-state index contributed by atoms with van der Waals surface area (Å²) in [5, 5.41) is 1.38. The van der Waals surface area contributed by atoms with Crippen LogP contribution >= 0.6 is 0 Å². The second-order valence-corrected chi connectivity index (χ2v) is 4.51. The van der Waals surface area contributed by atoms with Gasteiger partial charge in [-0.2, -0.15) is 0 Å². The van der Waals surface area contributed by atoms with Crippen molar-refractivity contribution in [3.63, 3.8) is 0 Å². The van der Waals surface area contributed by atoms with E-state index in [-0.39, 0.29) is 6.90 Å². The zero-order valence-electron chi connectivity index (χ0n) is 10.9. The minimum Gasteiger partial charge on any atom is -0.412 e. The van der Waals surface area contributed by atoms with Gasteiger partial charge in [0, 0.05) is 25.1 Å². The van der Waals surface area contributed by atoms with E-state index in [0.29, 0.717) is 0 Å². The second-order valence-electron chi connectivity index (χ2n) is 4.51. The lowest BCUT2D eigenvalue weighted by Gasteiger charge is -2.12. The van der Waals surface area contributed by atoms with Crippen molar-refractivity contribution in [3.05, 3.63) is 35.5 Å². The fraction of sp³-hybridized carbons (Fsp3) is 0.429. The minimum absolute atomic E-state index is 0. The molecule has 0 aliphatic heterocycles. The molecule has 0 fully saturated rings. The number of hydrogen-bond donors (Lipinski definition) is 1. The molecule has 96 valence electrons. The number of aromatic amines is 1. The fourth-order valence-corrected chi connectivity index (χ4v) is 1.97. The first kappa shape index (κ1) is 13.7. The Morgan fingerprint density at radius 1 is 1.35 bits per heavy atom. The third-order valence-electron chi connectivity index (χ3n) is 3.23. The fourth-order valence-electron chi connectivity index (χ4n) is 1.97. The van der Waals surface area contributed by atoms with Gasteiger partial charge in [-0.3, -0.25) is 0 Å². The molecule has 0 atom stereocenters. The molecule has 0 unspecified atom stereocenters. The Labute approximate surface area is 104 Å². The van der Waals surface area contributed by atoms with Crippen LogP contribution in [0.5, 0.6) is 0 Å². The lowest BCUT2D eigenvalue weighted by molar-refractivity contribution is 0.358. The number of nitrogens with one attached hydrogen (secondary N) is 1. The molecule has 1 aromatic carbocycles.